The van der Waals surface area contributed by atoms with Gasteiger partial charge in [-0.15, -0.1) is 5.10 Å². The molecule has 0 saturated carbocycles. The minimum absolute atomic E-state index is 0.0390. The maximum Gasteiger partial charge on any atom is 0.288 e. The summed E-state index contributed by atoms with van der Waals surface area (Å²) in [6, 6.07) is 8.45. The highest BCUT2D eigenvalue weighted by molar-refractivity contribution is 5.88. The number of ether oxygens (including phenoxy) is 1. The van der Waals surface area contributed by atoms with Crippen LogP contribution in [-0.4, -0.2) is 39.0 Å². The van der Waals surface area contributed by atoms with Crippen molar-refractivity contribution in [2.24, 2.45) is 5.73 Å². The maximum atomic E-state index is 11.3. The molecular weight excluding hydrogens is 344 g/mol. The number of nitrogens with zero attached hydrogens (tertiary/aromatic N) is 3. The molecule has 0 saturated heterocycles. The average Bonchev–Trinajstić information content (AvgIpc) is 3.07. The number of nitrogens with two attached hydrogens (primary N) is 1. The van der Waals surface area contributed by atoms with Crippen LogP contribution in [0.3, 0.4) is 0 Å². The second-order valence-electron chi connectivity index (χ2n) is 6.14. The first-order valence-electron chi connectivity index (χ1n) is 9.14. The summed E-state index contributed by atoms with van der Waals surface area (Å²) >= 11 is 0. The maximum absolute atomic E-state index is 11.3. The molecule has 1 amide bonds. The summed E-state index contributed by atoms with van der Waals surface area (Å²) in [5.41, 5.74) is 7.67. The Labute approximate surface area is 159 Å². The van der Waals surface area contributed by atoms with E-state index in [0.717, 1.165) is 12.0 Å². The molecule has 0 aliphatic carbocycles. The molecule has 1 aromatic carbocycles. The van der Waals surface area contributed by atoms with Crippen LogP contribution in [0.25, 0.3) is 0 Å². The summed E-state index contributed by atoms with van der Waals surface area (Å²) in [5, 5.41) is 12.8. The van der Waals surface area contributed by atoms with E-state index in [1.807, 2.05) is 0 Å². The molecule has 0 radical (unpaired) electrons. The van der Waals surface area contributed by atoms with Gasteiger partial charge in [-0.05, 0) is 29.9 Å². The number of aromatic nitrogens is 3. The van der Waals surface area contributed by atoms with E-state index in [1.54, 1.807) is 0 Å². The van der Waals surface area contributed by atoms with Gasteiger partial charge in [0.05, 0.1) is 13.2 Å². The van der Waals surface area contributed by atoms with Crippen molar-refractivity contribution in [2.75, 3.05) is 13.2 Å². The normalized spacial score (nSPS) is 10.4. The van der Waals surface area contributed by atoms with E-state index in [9.17, 15) is 4.79 Å². The Balaban J connectivity index is 2.00. The standard InChI is InChI=1S/C20H26N4O3/c1-2-3-4-6-16-9-11-17(12-10-16)7-5-8-18-22-20(19(21)26)23-24(18)15-27-14-13-25/h9-12,25H,2-4,6-7,13-15H2,1H3,(H2,21,26). The Kier molecular flexibility index (Phi) is 8.49. The number of aliphatic hydroxyl groups is 1. The van der Waals surface area contributed by atoms with Crippen LogP contribution in [0.2, 0.25) is 0 Å². The molecule has 1 heterocycles. The predicted octanol–water partition coefficient (Wildman–Crippen LogP) is 1.67. The lowest BCUT2D eigenvalue weighted by Gasteiger charge is -2.02. The SMILES string of the molecule is CCCCCc1ccc(CC#Cc2nc(C(N)=O)nn2COCCO)cc1. The number of amides is 1. The minimum Gasteiger partial charge on any atom is -0.394 e. The number of benzene rings is 1. The van der Waals surface area contributed by atoms with E-state index in [4.69, 9.17) is 15.6 Å². The van der Waals surface area contributed by atoms with Gasteiger partial charge in [-0.25, -0.2) is 4.68 Å². The number of aryl methyl sites for hydroxylation is 1. The van der Waals surface area contributed by atoms with Gasteiger partial charge in [0.1, 0.15) is 6.73 Å². The van der Waals surface area contributed by atoms with Crippen molar-refractivity contribution >= 4 is 5.91 Å². The molecule has 0 atom stereocenters. The summed E-state index contributed by atoms with van der Waals surface area (Å²) in [4.78, 5) is 15.3. The van der Waals surface area contributed by atoms with Crippen molar-refractivity contribution < 1.29 is 14.6 Å². The number of rotatable bonds is 10. The van der Waals surface area contributed by atoms with Crippen LogP contribution in [0.15, 0.2) is 24.3 Å². The van der Waals surface area contributed by atoms with E-state index in [1.165, 1.54) is 29.5 Å². The first kappa shape index (κ1) is 20.6. The molecule has 0 aliphatic heterocycles. The number of carbonyl (C=O) groups excluding carboxylic acids is 1. The highest BCUT2D eigenvalue weighted by Gasteiger charge is 2.12. The van der Waals surface area contributed by atoms with Crippen LogP contribution in [0, 0.1) is 11.8 Å². The molecule has 7 nitrogen and oxygen atoms in total. The van der Waals surface area contributed by atoms with Crippen molar-refractivity contribution in [3.63, 3.8) is 0 Å². The molecule has 0 spiro atoms. The fourth-order valence-electron chi connectivity index (χ4n) is 2.47. The van der Waals surface area contributed by atoms with Crippen molar-refractivity contribution in [2.45, 2.75) is 45.8 Å². The summed E-state index contributed by atoms with van der Waals surface area (Å²) in [5.74, 6) is 5.42. The molecular formula is C20H26N4O3. The first-order chi connectivity index (χ1) is 13.1. The van der Waals surface area contributed by atoms with Gasteiger partial charge in [0, 0.05) is 6.42 Å². The summed E-state index contributed by atoms with van der Waals surface area (Å²) in [6.45, 7) is 2.29. The Bertz CT molecular complexity index is 788. The zero-order valence-electron chi connectivity index (χ0n) is 15.6. The first-order valence-corrected chi connectivity index (χ1v) is 9.14. The number of hydrogen-bond donors (Lipinski definition) is 2. The second kappa shape index (κ2) is 11.1. The van der Waals surface area contributed by atoms with Crippen molar-refractivity contribution in [3.8, 4) is 11.8 Å². The van der Waals surface area contributed by atoms with Gasteiger partial charge in [-0.3, -0.25) is 4.79 Å². The van der Waals surface area contributed by atoms with Crippen molar-refractivity contribution in [1.29, 1.82) is 0 Å². The fourth-order valence-corrected chi connectivity index (χ4v) is 2.47. The van der Waals surface area contributed by atoms with Crippen LogP contribution in [0.4, 0.5) is 0 Å². The Morgan fingerprint density at radius 2 is 2.00 bits per heavy atom. The lowest BCUT2D eigenvalue weighted by molar-refractivity contribution is 0.0411. The van der Waals surface area contributed by atoms with Gasteiger partial charge in [0.15, 0.2) is 0 Å². The van der Waals surface area contributed by atoms with Gasteiger partial charge in [-0.1, -0.05) is 50.0 Å². The third-order valence-electron chi connectivity index (χ3n) is 3.93. The van der Waals surface area contributed by atoms with Crippen molar-refractivity contribution in [3.05, 3.63) is 47.0 Å². The number of hydrogen-bond acceptors (Lipinski definition) is 5. The van der Waals surface area contributed by atoms with Gasteiger partial charge in [0.2, 0.25) is 11.6 Å². The molecule has 0 unspecified atom stereocenters. The third kappa shape index (κ3) is 6.85. The zero-order valence-corrected chi connectivity index (χ0v) is 15.6. The van der Waals surface area contributed by atoms with E-state index in [-0.39, 0.29) is 25.8 Å². The fraction of sp³-hybridized carbons (Fsp3) is 0.450. The number of unbranched alkanes of at least 4 members (excludes halogenated alkanes) is 2. The van der Waals surface area contributed by atoms with E-state index < -0.39 is 5.91 Å². The highest BCUT2D eigenvalue weighted by Crippen LogP contribution is 2.09. The summed E-state index contributed by atoms with van der Waals surface area (Å²) in [7, 11) is 0. The molecule has 3 N–H and O–H groups in total. The van der Waals surface area contributed by atoms with Crippen LogP contribution < -0.4 is 5.73 Å². The lowest BCUT2D eigenvalue weighted by Crippen LogP contribution is -2.14. The van der Waals surface area contributed by atoms with E-state index in [2.05, 4.69) is 53.1 Å². The zero-order chi connectivity index (χ0) is 19.5. The topological polar surface area (TPSA) is 103 Å². The van der Waals surface area contributed by atoms with Crippen molar-refractivity contribution in [1.82, 2.24) is 14.8 Å². The number of carbonyl (C=O) groups is 1. The molecule has 0 aliphatic rings. The second-order valence-corrected chi connectivity index (χ2v) is 6.14. The predicted molar refractivity (Wildman–Crippen MR) is 102 cm³/mol. The molecule has 2 aromatic rings. The van der Waals surface area contributed by atoms with Crippen LogP contribution in [-0.2, 0) is 24.3 Å². The molecule has 7 heteroatoms. The minimum atomic E-state index is -0.724. The molecule has 0 fully saturated rings. The average molecular weight is 370 g/mol. The Hall–Kier alpha value is -2.69. The lowest BCUT2D eigenvalue weighted by atomic mass is 10.0. The largest absolute Gasteiger partial charge is 0.394 e. The Morgan fingerprint density at radius 1 is 1.26 bits per heavy atom. The smallest absolute Gasteiger partial charge is 0.288 e. The van der Waals surface area contributed by atoms with E-state index >= 15 is 0 Å². The van der Waals surface area contributed by atoms with E-state index in [0.29, 0.717) is 12.2 Å². The van der Waals surface area contributed by atoms with Gasteiger partial charge in [-0.2, -0.15) is 4.98 Å². The Morgan fingerprint density at radius 3 is 2.67 bits per heavy atom. The molecule has 1 aromatic heterocycles. The summed E-state index contributed by atoms with van der Waals surface area (Å²) < 4.78 is 6.57. The number of aliphatic hydroxyl groups excluding tert-OH is 1. The monoisotopic (exact) mass is 370 g/mol. The van der Waals surface area contributed by atoms with Crippen LogP contribution >= 0.6 is 0 Å². The van der Waals surface area contributed by atoms with Crippen LogP contribution in [0.5, 0.6) is 0 Å². The third-order valence-corrected chi connectivity index (χ3v) is 3.93. The molecule has 144 valence electrons. The molecule has 0 bridgehead atoms. The van der Waals surface area contributed by atoms with Gasteiger partial charge in [0.25, 0.3) is 5.91 Å². The summed E-state index contributed by atoms with van der Waals surface area (Å²) in [6.07, 6.45) is 5.36. The molecule has 27 heavy (non-hydrogen) atoms. The van der Waals surface area contributed by atoms with Gasteiger partial charge < -0.3 is 15.6 Å². The molecule has 2 rings (SSSR count). The van der Waals surface area contributed by atoms with Gasteiger partial charge >= 0.3 is 0 Å². The van der Waals surface area contributed by atoms with Crippen LogP contribution in [0.1, 0.15) is 53.8 Å². The number of primary amides is 1. The highest BCUT2D eigenvalue weighted by atomic mass is 16.5. The quantitative estimate of drug-likeness (QED) is 0.489.